The van der Waals surface area contributed by atoms with Crippen LogP contribution in [0.4, 0.5) is 22.7 Å². The zero-order chi connectivity index (χ0) is 37.5. The average Bonchev–Trinajstić information content (AvgIpc) is 3.15. The molecule has 0 amide bonds. The molecule has 53 heavy (non-hydrogen) atoms. The Morgan fingerprint density at radius 2 is 0.698 bits per heavy atom. The Morgan fingerprint density at radius 3 is 1.02 bits per heavy atom. The summed E-state index contributed by atoms with van der Waals surface area (Å²) in [6, 6.07) is 41.3. The van der Waals surface area contributed by atoms with Gasteiger partial charge in [-0.1, -0.05) is 72.8 Å². The number of aromatic nitrogens is 2. The predicted octanol–water partition coefficient (Wildman–Crippen LogP) is 11.9. The molecule has 4 aromatic carbocycles. The Labute approximate surface area is 313 Å². The maximum absolute atomic E-state index is 4.98. The Morgan fingerprint density at radius 1 is 0.377 bits per heavy atom. The van der Waals surface area contributed by atoms with Crippen LogP contribution in [0.15, 0.2) is 141 Å². The maximum atomic E-state index is 4.98. The molecule has 2 aromatic heterocycles. The second-order valence-corrected chi connectivity index (χ2v) is 13.6. The molecule has 0 atom stereocenters. The van der Waals surface area contributed by atoms with Gasteiger partial charge >= 0.3 is 0 Å². The van der Waals surface area contributed by atoms with Crippen LogP contribution in [0, 0.1) is 27.7 Å². The number of rotatable bonds is 10. The van der Waals surface area contributed by atoms with E-state index < -0.39 is 0 Å². The number of aliphatic imine (C=N–C) groups is 4. The molecule has 0 saturated carbocycles. The van der Waals surface area contributed by atoms with Gasteiger partial charge in [-0.15, -0.1) is 0 Å². The van der Waals surface area contributed by atoms with Crippen LogP contribution in [0.25, 0.3) is 0 Å². The summed E-state index contributed by atoms with van der Waals surface area (Å²) in [7, 11) is 0. The molecule has 0 aliphatic heterocycles. The topological polar surface area (TPSA) is 75.2 Å². The average molecular weight is 695 g/mol. The van der Waals surface area contributed by atoms with E-state index >= 15 is 0 Å². The van der Waals surface area contributed by atoms with Crippen LogP contribution in [0.1, 0.15) is 83.9 Å². The van der Waals surface area contributed by atoms with Crippen molar-refractivity contribution in [2.75, 3.05) is 0 Å². The quantitative estimate of drug-likeness (QED) is 0.134. The van der Waals surface area contributed by atoms with Gasteiger partial charge in [-0.25, -0.2) is 9.97 Å². The molecule has 0 aliphatic carbocycles. The first-order chi connectivity index (χ1) is 25.5. The minimum absolute atomic E-state index is 0.819. The van der Waals surface area contributed by atoms with Crippen molar-refractivity contribution in [3.8, 4) is 0 Å². The van der Waals surface area contributed by atoms with Crippen LogP contribution in [0.3, 0.4) is 0 Å². The molecule has 0 unspecified atom stereocenters. The number of pyridine rings is 2. The molecule has 6 aromatic rings. The first-order valence-corrected chi connectivity index (χ1v) is 18.0. The minimum Gasteiger partial charge on any atom is -0.251 e. The largest absolute Gasteiger partial charge is 0.251 e. The summed E-state index contributed by atoms with van der Waals surface area (Å²) >= 11 is 0. The number of aryl methyl sites for hydroxylation is 4. The van der Waals surface area contributed by atoms with E-state index in [0.717, 1.165) is 97.0 Å². The third kappa shape index (κ3) is 9.21. The Balaban J connectivity index is 1.14. The van der Waals surface area contributed by atoms with Crippen molar-refractivity contribution >= 4 is 45.6 Å². The zero-order valence-corrected chi connectivity index (χ0v) is 31.9. The third-order valence-electron chi connectivity index (χ3n) is 9.30. The Hall–Kier alpha value is -6.14. The summed E-state index contributed by atoms with van der Waals surface area (Å²) in [5, 5.41) is 0. The highest BCUT2D eigenvalue weighted by Crippen LogP contribution is 2.26. The SMILES string of the molecule is CC(=Nc1ccccc1C)c1cccc(C(C)=Nc2ccc(Cc3ccc(N=C(C)c4cccc(C(C)=Nc5ccccc5C)n4)c(C)c3)cc2C)n1. The molecule has 0 bridgehead atoms. The Kier molecular flexibility index (Phi) is 11.4. The van der Waals surface area contributed by atoms with Crippen LogP contribution in [-0.4, -0.2) is 32.8 Å². The summed E-state index contributed by atoms with van der Waals surface area (Å²) in [4.78, 5) is 29.4. The van der Waals surface area contributed by atoms with Crippen LogP contribution in [0.2, 0.25) is 0 Å². The second-order valence-electron chi connectivity index (χ2n) is 13.6. The monoisotopic (exact) mass is 694 g/mol. The van der Waals surface area contributed by atoms with Gasteiger partial charge in [-0.05, 0) is 144 Å². The second kappa shape index (κ2) is 16.5. The van der Waals surface area contributed by atoms with E-state index in [1.165, 1.54) is 11.1 Å². The van der Waals surface area contributed by atoms with Crippen molar-refractivity contribution in [3.05, 3.63) is 177 Å². The first-order valence-electron chi connectivity index (χ1n) is 18.0. The highest BCUT2D eigenvalue weighted by molar-refractivity contribution is 6.03. The van der Waals surface area contributed by atoms with Gasteiger partial charge < -0.3 is 0 Å². The fourth-order valence-electron chi connectivity index (χ4n) is 6.15. The van der Waals surface area contributed by atoms with Crippen molar-refractivity contribution in [3.63, 3.8) is 0 Å². The highest BCUT2D eigenvalue weighted by Gasteiger charge is 2.10. The summed E-state index contributed by atoms with van der Waals surface area (Å²) in [6.07, 6.45) is 0.819. The number of nitrogens with zero attached hydrogens (tertiary/aromatic N) is 6. The number of hydrogen-bond acceptors (Lipinski definition) is 6. The summed E-state index contributed by atoms with van der Waals surface area (Å²) in [5.41, 5.74) is 17.6. The van der Waals surface area contributed by atoms with Crippen LogP contribution in [-0.2, 0) is 6.42 Å². The van der Waals surface area contributed by atoms with E-state index in [1.807, 2.05) is 100 Å². The predicted molar refractivity (Wildman–Crippen MR) is 223 cm³/mol. The van der Waals surface area contributed by atoms with Crippen molar-refractivity contribution in [2.24, 2.45) is 20.0 Å². The Bertz CT molecular complexity index is 2240. The smallest absolute Gasteiger partial charge is 0.0849 e. The van der Waals surface area contributed by atoms with Gasteiger partial charge in [0.15, 0.2) is 0 Å². The van der Waals surface area contributed by atoms with Crippen molar-refractivity contribution in [2.45, 2.75) is 61.8 Å². The third-order valence-corrected chi connectivity index (χ3v) is 9.30. The van der Waals surface area contributed by atoms with E-state index in [0.29, 0.717) is 0 Å². The number of hydrogen-bond donors (Lipinski definition) is 0. The number of para-hydroxylation sites is 2. The maximum Gasteiger partial charge on any atom is 0.0849 e. The van der Waals surface area contributed by atoms with E-state index in [2.05, 4.69) is 76.2 Å². The number of benzene rings is 4. The summed E-state index contributed by atoms with van der Waals surface area (Å²) in [6.45, 7) is 16.4. The van der Waals surface area contributed by atoms with Crippen molar-refractivity contribution in [1.29, 1.82) is 0 Å². The lowest BCUT2D eigenvalue weighted by molar-refractivity contribution is 1.16. The molecule has 6 rings (SSSR count). The fourth-order valence-corrected chi connectivity index (χ4v) is 6.15. The van der Waals surface area contributed by atoms with E-state index in [1.54, 1.807) is 0 Å². The lowest BCUT2D eigenvalue weighted by Crippen LogP contribution is -2.05. The molecule has 0 radical (unpaired) electrons. The van der Waals surface area contributed by atoms with Gasteiger partial charge in [0, 0.05) is 0 Å². The van der Waals surface area contributed by atoms with Crippen molar-refractivity contribution in [1.82, 2.24) is 9.97 Å². The standard InChI is InChI=1S/C47H46N6/c1-30-15-9-11-17-40(30)48-34(5)44-19-13-21-46(52-44)36(7)50-42-25-23-38(27-32(42)3)29-39-24-26-43(33(4)28-39)51-37(8)47-22-14-20-45(53-47)35(6)49-41-18-12-10-16-31(41)2/h9-28H,29H2,1-8H3. The minimum atomic E-state index is 0.819. The lowest BCUT2D eigenvalue weighted by atomic mass is 10.00. The molecule has 0 fully saturated rings. The molecule has 0 N–H and O–H groups in total. The highest BCUT2D eigenvalue weighted by atomic mass is 14.8. The molecule has 6 nitrogen and oxygen atoms in total. The molecule has 6 heteroatoms. The molecule has 2 heterocycles. The van der Waals surface area contributed by atoms with Gasteiger partial charge in [-0.3, -0.25) is 20.0 Å². The molecular formula is C47H46N6. The summed E-state index contributed by atoms with van der Waals surface area (Å²) in [5.74, 6) is 0. The summed E-state index contributed by atoms with van der Waals surface area (Å²) < 4.78 is 0. The van der Waals surface area contributed by atoms with Gasteiger partial charge in [0.2, 0.25) is 0 Å². The van der Waals surface area contributed by atoms with Gasteiger partial charge in [0.05, 0.1) is 68.4 Å². The van der Waals surface area contributed by atoms with Crippen LogP contribution < -0.4 is 0 Å². The van der Waals surface area contributed by atoms with E-state index in [-0.39, 0.29) is 0 Å². The van der Waals surface area contributed by atoms with Crippen molar-refractivity contribution < 1.29 is 0 Å². The van der Waals surface area contributed by atoms with Crippen LogP contribution in [0.5, 0.6) is 0 Å². The van der Waals surface area contributed by atoms with Gasteiger partial charge in [0.1, 0.15) is 0 Å². The zero-order valence-electron chi connectivity index (χ0n) is 31.9. The van der Waals surface area contributed by atoms with Crippen LogP contribution >= 0.6 is 0 Å². The molecular weight excluding hydrogens is 649 g/mol. The van der Waals surface area contributed by atoms with Gasteiger partial charge in [-0.2, -0.15) is 0 Å². The molecule has 0 spiro atoms. The molecule has 0 saturated heterocycles. The van der Waals surface area contributed by atoms with E-state index in [4.69, 9.17) is 29.9 Å². The normalized spacial score (nSPS) is 12.7. The first kappa shape index (κ1) is 36.6. The fraction of sp³-hybridized carbons (Fsp3) is 0.191. The molecule has 0 aliphatic rings. The molecule has 264 valence electrons. The van der Waals surface area contributed by atoms with E-state index in [9.17, 15) is 0 Å². The lowest BCUT2D eigenvalue weighted by Gasteiger charge is -2.10. The van der Waals surface area contributed by atoms with Gasteiger partial charge in [0.25, 0.3) is 0 Å².